The second kappa shape index (κ2) is 12.0. The van der Waals surface area contributed by atoms with Gasteiger partial charge in [0.05, 0.1) is 18.2 Å². The van der Waals surface area contributed by atoms with Gasteiger partial charge in [0.25, 0.3) is 0 Å². The molecule has 184 valence electrons. The number of hydrogen-bond acceptors (Lipinski definition) is 7. The molecule has 8 heteroatoms. The Bertz CT molecular complexity index is 1250. The van der Waals surface area contributed by atoms with Crippen molar-refractivity contribution in [2.24, 2.45) is 0 Å². The van der Waals surface area contributed by atoms with Crippen LogP contribution in [0.1, 0.15) is 30.9 Å². The molecule has 0 spiro atoms. The van der Waals surface area contributed by atoms with Crippen LogP contribution in [0.25, 0.3) is 22.9 Å². The molecule has 5 rings (SSSR count). The van der Waals surface area contributed by atoms with E-state index in [1.165, 1.54) is 4.91 Å². The largest absolute Gasteiger partial charge is 0.345 e. The van der Waals surface area contributed by atoms with Crippen LogP contribution < -0.4 is 10.6 Å². The van der Waals surface area contributed by atoms with Crippen molar-refractivity contribution in [1.29, 1.82) is 0 Å². The minimum absolute atomic E-state index is 0.619. The van der Waals surface area contributed by atoms with E-state index in [4.69, 9.17) is 0 Å². The maximum Gasteiger partial charge on any atom is 0.226 e. The van der Waals surface area contributed by atoms with Crippen LogP contribution in [0.3, 0.4) is 0 Å². The van der Waals surface area contributed by atoms with E-state index in [2.05, 4.69) is 96.4 Å². The predicted molar refractivity (Wildman–Crippen MR) is 150 cm³/mol. The van der Waals surface area contributed by atoms with Gasteiger partial charge in [-0.1, -0.05) is 48.6 Å². The number of hydrogen-bond donors (Lipinski definition) is 3. The van der Waals surface area contributed by atoms with Gasteiger partial charge in [-0.3, -0.25) is 0 Å². The SMILES string of the molecule is C/C(=C\c1cnc(N/C2=C/C/C=C(/SN3CCNCC3)C=CC2)nc1)c1ccc(-c2cnc[nH]2)cc1. The molecule has 2 aliphatic rings. The van der Waals surface area contributed by atoms with Crippen molar-refractivity contribution in [1.82, 2.24) is 29.6 Å². The second-order valence-electron chi connectivity index (χ2n) is 8.78. The molecule has 0 radical (unpaired) electrons. The molecule has 0 unspecified atom stereocenters. The predicted octanol–water partition coefficient (Wildman–Crippen LogP) is 5.51. The summed E-state index contributed by atoms with van der Waals surface area (Å²) < 4.78 is 2.43. The van der Waals surface area contributed by atoms with Gasteiger partial charge in [0, 0.05) is 61.2 Å². The minimum atomic E-state index is 0.619. The van der Waals surface area contributed by atoms with Gasteiger partial charge >= 0.3 is 0 Å². The number of anilines is 1. The molecule has 1 aliphatic heterocycles. The number of rotatable bonds is 7. The summed E-state index contributed by atoms with van der Waals surface area (Å²) in [6, 6.07) is 8.44. The smallest absolute Gasteiger partial charge is 0.226 e. The van der Waals surface area contributed by atoms with Crippen molar-refractivity contribution in [2.75, 3.05) is 31.5 Å². The van der Waals surface area contributed by atoms with E-state index < -0.39 is 0 Å². The topological polar surface area (TPSA) is 81.8 Å². The normalized spacial score (nSPS) is 20.1. The fourth-order valence-electron chi connectivity index (χ4n) is 4.11. The summed E-state index contributed by atoms with van der Waals surface area (Å²) in [6.45, 7) is 6.39. The van der Waals surface area contributed by atoms with Crippen LogP contribution in [0.4, 0.5) is 5.95 Å². The van der Waals surface area contributed by atoms with Gasteiger partial charge in [0.2, 0.25) is 5.95 Å². The lowest BCUT2D eigenvalue weighted by atomic mass is 10.0. The monoisotopic (exact) mass is 497 g/mol. The van der Waals surface area contributed by atoms with Crippen LogP contribution in [0.2, 0.25) is 0 Å². The number of benzene rings is 1. The lowest BCUT2D eigenvalue weighted by molar-refractivity contribution is 0.398. The molecule has 2 aromatic heterocycles. The van der Waals surface area contributed by atoms with Crippen LogP contribution in [-0.2, 0) is 0 Å². The van der Waals surface area contributed by atoms with Gasteiger partial charge in [-0.15, -0.1) is 0 Å². The van der Waals surface area contributed by atoms with Crippen LogP contribution in [0.15, 0.2) is 84.1 Å². The Morgan fingerprint density at radius 3 is 2.61 bits per heavy atom. The highest BCUT2D eigenvalue weighted by Crippen LogP contribution is 2.26. The molecule has 0 saturated carbocycles. The van der Waals surface area contributed by atoms with Gasteiger partial charge in [0.15, 0.2) is 0 Å². The zero-order valence-electron chi connectivity index (χ0n) is 20.4. The van der Waals surface area contributed by atoms with Crippen LogP contribution in [0.5, 0.6) is 0 Å². The Kier molecular flexibility index (Phi) is 8.07. The Hall–Kier alpha value is -3.46. The van der Waals surface area contributed by atoms with Crippen molar-refractivity contribution in [3.8, 4) is 11.3 Å². The summed E-state index contributed by atoms with van der Waals surface area (Å²) in [5.41, 5.74) is 6.54. The minimum Gasteiger partial charge on any atom is -0.345 e. The summed E-state index contributed by atoms with van der Waals surface area (Å²) in [4.78, 5) is 17.6. The summed E-state index contributed by atoms with van der Waals surface area (Å²) in [6.07, 6.45) is 20.0. The lowest BCUT2D eigenvalue weighted by Gasteiger charge is -2.26. The molecule has 0 bridgehead atoms. The second-order valence-corrected chi connectivity index (χ2v) is 9.95. The molecule has 3 aromatic rings. The average Bonchev–Trinajstić information content (AvgIpc) is 3.44. The molecule has 1 fully saturated rings. The number of nitrogens with zero attached hydrogens (tertiary/aromatic N) is 4. The van der Waals surface area contributed by atoms with E-state index >= 15 is 0 Å². The van der Waals surface area contributed by atoms with Crippen molar-refractivity contribution in [2.45, 2.75) is 19.8 Å². The fourth-order valence-corrected chi connectivity index (χ4v) is 5.10. The summed E-state index contributed by atoms with van der Waals surface area (Å²) in [7, 11) is 0. The Morgan fingerprint density at radius 1 is 1.06 bits per heavy atom. The van der Waals surface area contributed by atoms with Crippen molar-refractivity contribution < 1.29 is 0 Å². The zero-order chi connectivity index (χ0) is 24.6. The fraction of sp³-hybridized carbons (Fsp3) is 0.250. The summed E-state index contributed by atoms with van der Waals surface area (Å²) in [5.74, 6) is 0.619. The van der Waals surface area contributed by atoms with Crippen LogP contribution >= 0.6 is 11.9 Å². The first kappa shape index (κ1) is 24.2. The number of allylic oxidation sites excluding steroid dienone is 5. The van der Waals surface area contributed by atoms with Gasteiger partial charge in [-0.25, -0.2) is 19.3 Å². The van der Waals surface area contributed by atoms with Crippen molar-refractivity contribution >= 4 is 29.5 Å². The maximum atomic E-state index is 4.54. The number of H-pyrrole nitrogens is 1. The molecule has 1 aliphatic carbocycles. The molecule has 3 heterocycles. The molecule has 3 N–H and O–H groups in total. The van der Waals surface area contributed by atoms with E-state index in [1.54, 1.807) is 6.33 Å². The molecule has 1 aromatic carbocycles. The van der Waals surface area contributed by atoms with Gasteiger partial charge < -0.3 is 15.6 Å². The standard InChI is InChI=1S/C28H31N7S/c1-21(23-8-10-24(11-9-23)27-19-30-20-33-27)16-22-17-31-28(32-18-22)34-25-4-2-6-26(7-3-5-25)36-35-14-12-29-13-15-35/h2,5-11,16-20,29H,3-4,12-15H2,1H3,(H,30,33)(H,31,32,34)/b6-2?,21-16+,25-5+,26-7+. The molecular weight excluding hydrogens is 466 g/mol. The number of piperazine rings is 1. The molecule has 0 amide bonds. The first-order chi connectivity index (χ1) is 17.7. The van der Waals surface area contributed by atoms with E-state index in [9.17, 15) is 0 Å². The number of nitrogens with one attached hydrogen (secondary N) is 3. The van der Waals surface area contributed by atoms with E-state index in [-0.39, 0.29) is 0 Å². The number of aromatic amines is 1. The Balaban J connectivity index is 1.17. The third kappa shape index (κ3) is 6.60. The summed E-state index contributed by atoms with van der Waals surface area (Å²) >= 11 is 1.86. The highest BCUT2D eigenvalue weighted by atomic mass is 32.2. The third-order valence-electron chi connectivity index (χ3n) is 6.09. The molecule has 36 heavy (non-hydrogen) atoms. The van der Waals surface area contributed by atoms with Crippen LogP contribution in [-0.4, -0.2) is 50.4 Å². The first-order valence-corrected chi connectivity index (χ1v) is 13.1. The maximum absolute atomic E-state index is 4.54. The lowest BCUT2D eigenvalue weighted by Crippen LogP contribution is -2.39. The highest BCUT2D eigenvalue weighted by molar-refractivity contribution is 8.01. The Morgan fingerprint density at radius 2 is 1.86 bits per heavy atom. The number of aromatic nitrogens is 4. The average molecular weight is 498 g/mol. The zero-order valence-corrected chi connectivity index (χ0v) is 21.3. The third-order valence-corrected chi connectivity index (χ3v) is 7.23. The molecule has 7 nitrogen and oxygen atoms in total. The molecule has 0 atom stereocenters. The van der Waals surface area contributed by atoms with Crippen molar-refractivity contribution in [3.05, 3.63) is 95.2 Å². The van der Waals surface area contributed by atoms with Gasteiger partial charge in [0.1, 0.15) is 0 Å². The van der Waals surface area contributed by atoms with Gasteiger partial charge in [-0.2, -0.15) is 0 Å². The van der Waals surface area contributed by atoms with E-state index in [0.717, 1.165) is 72.7 Å². The van der Waals surface area contributed by atoms with E-state index in [1.807, 2.05) is 30.5 Å². The first-order valence-electron chi connectivity index (χ1n) is 12.3. The van der Waals surface area contributed by atoms with Crippen LogP contribution in [0, 0.1) is 0 Å². The highest BCUT2D eigenvalue weighted by Gasteiger charge is 2.12. The molecule has 1 saturated heterocycles. The van der Waals surface area contributed by atoms with E-state index in [0.29, 0.717) is 5.95 Å². The quantitative estimate of drug-likeness (QED) is 0.371. The van der Waals surface area contributed by atoms with Gasteiger partial charge in [-0.05, 0) is 48.1 Å². The molecular formula is C28H31N7S. The number of imidazole rings is 1. The summed E-state index contributed by atoms with van der Waals surface area (Å²) in [5, 5.41) is 6.78. The van der Waals surface area contributed by atoms with Crippen molar-refractivity contribution in [3.63, 3.8) is 0 Å². The Labute approximate surface area is 216 Å².